The molecule has 1 fully saturated rings. The SMILES string of the molecule is Cn1c(N2CCOCC2)nc2c(c1=O)N=C(c1ccc(Cl)cc1)CCN2. The molecule has 7 nitrogen and oxygen atoms in total. The monoisotopic (exact) mass is 373 g/mol. The molecule has 0 atom stereocenters. The molecule has 2 aliphatic rings. The van der Waals surface area contributed by atoms with E-state index in [1.807, 2.05) is 24.3 Å². The third-order valence-electron chi connectivity index (χ3n) is 4.62. The predicted octanol–water partition coefficient (Wildman–Crippen LogP) is 2.21. The zero-order valence-corrected chi connectivity index (χ0v) is 15.3. The maximum atomic E-state index is 13.0. The average Bonchev–Trinajstić information content (AvgIpc) is 2.89. The number of halogens is 1. The van der Waals surface area contributed by atoms with E-state index in [1.165, 1.54) is 0 Å². The number of rotatable bonds is 2. The van der Waals surface area contributed by atoms with Gasteiger partial charge < -0.3 is 15.0 Å². The number of morpholine rings is 1. The third-order valence-corrected chi connectivity index (χ3v) is 4.87. The Morgan fingerprint density at radius 3 is 2.65 bits per heavy atom. The molecule has 4 rings (SSSR count). The molecule has 0 unspecified atom stereocenters. The van der Waals surface area contributed by atoms with E-state index in [4.69, 9.17) is 21.3 Å². The van der Waals surface area contributed by atoms with Gasteiger partial charge in [-0.05, 0) is 17.7 Å². The van der Waals surface area contributed by atoms with Gasteiger partial charge in [0.2, 0.25) is 5.95 Å². The molecular weight excluding hydrogens is 354 g/mol. The fraction of sp³-hybridized carbons (Fsp3) is 0.389. The summed E-state index contributed by atoms with van der Waals surface area (Å²) in [5.74, 6) is 1.19. The van der Waals surface area contributed by atoms with Crippen LogP contribution in [0.25, 0.3) is 0 Å². The molecule has 0 bridgehead atoms. The van der Waals surface area contributed by atoms with Crippen molar-refractivity contribution in [3.63, 3.8) is 0 Å². The minimum atomic E-state index is -0.155. The summed E-state index contributed by atoms with van der Waals surface area (Å²) in [6.45, 7) is 3.38. The minimum Gasteiger partial charge on any atom is -0.378 e. The summed E-state index contributed by atoms with van der Waals surface area (Å²) in [5, 5.41) is 3.94. The number of hydrogen-bond donors (Lipinski definition) is 1. The van der Waals surface area contributed by atoms with Crippen LogP contribution in [0.4, 0.5) is 17.5 Å². The van der Waals surface area contributed by atoms with Crippen molar-refractivity contribution in [2.75, 3.05) is 43.1 Å². The number of nitrogens with one attached hydrogen (secondary N) is 1. The summed E-state index contributed by atoms with van der Waals surface area (Å²) in [6.07, 6.45) is 0.702. The predicted molar refractivity (Wildman–Crippen MR) is 103 cm³/mol. The number of ether oxygens (including phenoxy) is 1. The van der Waals surface area contributed by atoms with E-state index in [1.54, 1.807) is 11.6 Å². The highest BCUT2D eigenvalue weighted by Gasteiger charge is 2.22. The normalized spacial score (nSPS) is 17.2. The molecule has 1 saturated heterocycles. The van der Waals surface area contributed by atoms with Crippen LogP contribution in [0.1, 0.15) is 12.0 Å². The molecule has 8 heteroatoms. The van der Waals surface area contributed by atoms with Crippen molar-refractivity contribution in [2.24, 2.45) is 12.0 Å². The van der Waals surface area contributed by atoms with Crippen LogP contribution >= 0.6 is 11.6 Å². The summed E-state index contributed by atoms with van der Waals surface area (Å²) < 4.78 is 6.96. The van der Waals surface area contributed by atoms with Gasteiger partial charge in [0.25, 0.3) is 5.56 Å². The molecule has 1 aromatic heterocycles. The summed E-state index contributed by atoms with van der Waals surface area (Å²) in [6, 6.07) is 7.51. The molecule has 0 amide bonds. The van der Waals surface area contributed by atoms with E-state index < -0.39 is 0 Å². The lowest BCUT2D eigenvalue weighted by Gasteiger charge is -2.29. The van der Waals surface area contributed by atoms with Gasteiger partial charge in [0.05, 0.1) is 18.9 Å². The second-order valence-electron chi connectivity index (χ2n) is 6.31. The highest BCUT2D eigenvalue weighted by molar-refractivity contribution is 6.30. The molecule has 26 heavy (non-hydrogen) atoms. The van der Waals surface area contributed by atoms with Gasteiger partial charge in [-0.25, -0.2) is 4.99 Å². The van der Waals surface area contributed by atoms with Crippen LogP contribution < -0.4 is 15.8 Å². The van der Waals surface area contributed by atoms with Crippen LogP contribution in [0.15, 0.2) is 34.1 Å². The van der Waals surface area contributed by atoms with E-state index in [2.05, 4.69) is 15.2 Å². The Labute approximate surface area is 156 Å². The number of benzene rings is 1. The molecule has 0 spiro atoms. The third kappa shape index (κ3) is 3.20. The molecule has 2 aliphatic heterocycles. The van der Waals surface area contributed by atoms with Crippen LogP contribution in [0, 0.1) is 0 Å². The molecule has 0 aliphatic carbocycles. The molecule has 0 saturated carbocycles. The van der Waals surface area contributed by atoms with Gasteiger partial charge in [0.15, 0.2) is 11.5 Å². The van der Waals surface area contributed by atoms with Gasteiger partial charge in [-0.2, -0.15) is 4.98 Å². The number of hydrogen-bond acceptors (Lipinski definition) is 6. The lowest BCUT2D eigenvalue weighted by molar-refractivity contribution is 0.121. The zero-order valence-electron chi connectivity index (χ0n) is 14.5. The largest absolute Gasteiger partial charge is 0.378 e. The number of anilines is 2. The number of nitrogens with zero attached hydrogens (tertiary/aromatic N) is 4. The highest BCUT2D eigenvalue weighted by atomic mass is 35.5. The van der Waals surface area contributed by atoms with Gasteiger partial charge in [-0.3, -0.25) is 9.36 Å². The maximum Gasteiger partial charge on any atom is 0.282 e. The fourth-order valence-corrected chi connectivity index (χ4v) is 3.32. The second kappa shape index (κ2) is 7.09. The molecule has 1 aromatic carbocycles. The lowest BCUT2D eigenvalue weighted by Crippen LogP contribution is -2.40. The van der Waals surface area contributed by atoms with E-state index in [9.17, 15) is 4.79 Å². The Morgan fingerprint density at radius 1 is 1.19 bits per heavy atom. The first-order chi connectivity index (χ1) is 12.6. The van der Waals surface area contributed by atoms with Gasteiger partial charge in [-0.1, -0.05) is 23.7 Å². The van der Waals surface area contributed by atoms with Gasteiger partial charge in [-0.15, -0.1) is 0 Å². The lowest BCUT2D eigenvalue weighted by atomic mass is 10.1. The van der Waals surface area contributed by atoms with E-state index in [0.717, 1.165) is 24.4 Å². The molecule has 3 heterocycles. The van der Waals surface area contributed by atoms with Gasteiger partial charge in [0, 0.05) is 38.1 Å². The first-order valence-electron chi connectivity index (χ1n) is 8.64. The fourth-order valence-electron chi connectivity index (χ4n) is 3.19. The first-order valence-corrected chi connectivity index (χ1v) is 9.02. The topological polar surface area (TPSA) is 71.8 Å². The van der Waals surface area contributed by atoms with E-state index in [0.29, 0.717) is 48.7 Å². The number of fused-ring (bicyclic) bond motifs is 1. The van der Waals surface area contributed by atoms with Gasteiger partial charge in [0.1, 0.15) is 0 Å². The van der Waals surface area contributed by atoms with Crippen molar-refractivity contribution in [3.8, 4) is 0 Å². The zero-order chi connectivity index (χ0) is 18.1. The van der Waals surface area contributed by atoms with Gasteiger partial charge >= 0.3 is 0 Å². The van der Waals surface area contributed by atoms with E-state index in [-0.39, 0.29) is 5.56 Å². The molecule has 1 N–H and O–H groups in total. The Hall–Kier alpha value is -2.38. The first kappa shape index (κ1) is 17.1. The highest BCUT2D eigenvalue weighted by Crippen LogP contribution is 2.26. The van der Waals surface area contributed by atoms with Crippen LogP contribution in [0.3, 0.4) is 0 Å². The summed E-state index contributed by atoms with van der Waals surface area (Å²) >= 11 is 5.97. The Morgan fingerprint density at radius 2 is 1.92 bits per heavy atom. The summed E-state index contributed by atoms with van der Waals surface area (Å²) in [5.41, 5.74) is 2.01. The maximum absolute atomic E-state index is 13.0. The molecule has 136 valence electrons. The Kier molecular flexibility index (Phi) is 4.65. The molecule has 0 radical (unpaired) electrons. The summed E-state index contributed by atoms with van der Waals surface area (Å²) in [4.78, 5) is 24.4. The number of aromatic nitrogens is 2. The molecular formula is C18H20ClN5O2. The average molecular weight is 374 g/mol. The number of aliphatic imine (C=N–C) groups is 1. The van der Waals surface area contributed by atoms with Crippen molar-refractivity contribution in [1.82, 2.24) is 9.55 Å². The smallest absolute Gasteiger partial charge is 0.282 e. The van der Waals surface area contributed by atoms with Crippen LogP contribution in [-0.2, 0) is 11.8 Å². The standard InChI is InChI=1S/C18H20ClN5O2/c1-23-17(25)15-16(22-18(23)24-8-10-26-11-9-24)20-7-6-14(21-15)12-2-4-13(19)5-3-12/h2-5,20H,6-11H2,1H3. The van der Waals surface area contributed by atoms with Crippen LogP contribution in [-0.4, -0.2) is 48.1 Å². The Balaban J connectivity index is 1.77. The minimum absolute atomic E-state index is 0.155. The second-order valence-corrected chi connectivity index (χ2v) is 6.75. The van der Waals surface area contributed by atoms with Crippen LogP contribution in [0.2, 0.25) is 5.02 Å². The Bertz CT molecular complexity index is 901. The van der Waals surface area contributed by atoms with Crippen molar-refractivity contribution in [2.45, 2.75) is 6.42 Å². The van der Waals surface area contributed by atoms with Crippen LogP contribution in [0.5, 0.6) is 0 Å². The summed E-state index contributed by atoms with van der Waals surface area (Å²) in [7, 11) is 1.74. The quantitative estimate of drug-likeness (QED) is 0.873. The van der Waals surface area contributed by atoms with Crippen molar-refractivity contribution in [1.29, 1.82) is 0 Å². The van der Waals surface area contributed by atoms with Crippen molar-refractivity contribution >= 4 is 34.8 Å². The van der Waals surface area contributed by atoms with Crippen molar-refractivity contribution in [3.05, 3.63) is 45.2 Å². The van der Waals surface area contributed by atoms with Crippen molar-refractivity contribution < 1.29 is 4.74 Å². The van der Waals surface area contributed by atoms with E-state index >= 15 is 0 Å². The molecule has 2 aromatic rings.